The van der Waals surface area contributed by atoms with E-state index in [1.54, 1.807) is 6.07 Å². The lowest BCUT2D eigenvalue weighted by molar-refractivity contribution is 0.0991. The fourth-order valence-corrected chi connectivity index (χ4v) is 0.966. The van der Waals surface area contributed by atoms with Gasteiger partial charge in [-0.05, 0) is 12.8 Å². The van der Waals surface area contributed by atoms with E-state index in [0.717, 1.165) is 18.6 Å². The average molecular weight is 182 g/mol. The summed E-state index contributed by atoms with van der Waals surface area (Å²) in [5.41, 5.74) is 5.21. The Kier molecular flexibility index (Phi) is 3.06. The zero-order chi connectivity index (χ0) is 9.84. The molecule has 1 heterocycles. The maximum Gasteiger partial charge on any atom is 0.270 e. The summed E-state index contributed by atoms with van der Waals surface area (Å²) in [6.45, 7) is 4.00. The molecule has 0 unspecified atom stereocenters. The summed E-state index contributed by atoms with van der Waals surface area (Å²) in [6.07, 6.45) is 2.26. The monoisotopic (exact) mass is 182 g/mol. The maximum absolute atomic E-state index is 10.6. The average Bonchev–Trinajstić information content (AvgIpc) is 2.87. The van der Waals surface area contributed by atoms with Gasteiger partial charge in [0.2, 0.25) is 0 Å². The SMILES string of the molecule is CC.NC(=O)c1cc(C2CC2)on1. The van der Waals surface area contributed by atoms with Gasteiger partial charge in [-0.3, -0.25) is 4.79 Å². The van der Waals surface area contributed by atoms with Crippen LogP contribution in [-0.2, 0) is 0 Å². The van der Waals surface area contributed by atoms with Gasteiger partial charge in [-0.25, -0.2) is 0 Å². The van der Waals surface area contributed by atoms with E-state index >= 15 is 0 Å². The van der Waals surface area contributed by atoms with Crippen LogP contribution in [-0.4, -0.2) is 11.1 Å². The molecule has 0 atom stereocenters. The van der Waals surface area contributed by atoms with Crippen LogP contribution < -0.4 is 5.73 Å². The summed E-state index contributed by atoms with van der Waals surface area (Å²) >= 11 is 0. The van der Waals surface area contributed by atoms with Crippen molar-refractivity contribution in [1.82, 2.24) is 5.16 Å². The highest BCUT2D eigenvalue weighted by Crippen LogP contribution is 2.40. The van der Waals surface area contributed by atoms with Gasteiger partial charge in [0.1, 0.15) is 5.76 Å². The number of nitrogens with two attached hydrogens (primary N) is 1. The molecular weight excluding hydrogens is 168 g/mol. The quantitative estimate of drug-likeness (QED) is 0.756. The van der Waals surface area contributed by atoms with Crippen molar-refractivity contribution in [3.05, 3.63) is 17.5 Å². The Bertz CT molecular complexity index is 290. The number of carbonyl (C=O) groups is 1. The molecule has 0 radical (unpaired) electrons. The minimum Gasteiger partial charge on any atom is -0.364 e. The minimum atomic E-state index is -0.527. The van der Waals surface area contributed by atoms with Gasteiger partial charge < -0.3 is 10.3 Å². The summed E-state index contributed by atoms with van der Waals surface area (Å²) in [6, 6.07) is 1.62. The van der Waals surface area contributed by atoms with Crippen LogP contribution in [0.1, 0.15) is 48.9 Å². The van der Waals surface area contributed by atoms with Crippen molar-refractivity contribution in [2.75, 3.05) is 0 Å². The van der Waals surface area contributed by atoms with Crippen LogP contribution in [0.25, 0.3) is 0 Å². The van der Waals surface area contributed by atoms with E-state index in [9.17, 15) is 4.79 Å². The molecule has 1 aliphatic rings. The third-order valence-electron chi connectivity index (χ3n) is 1.76. The molecule has 0 bridgehead atoms. The van der Waals surface area contributed by atoms with E-state index in [0.29, 0.717) is 5.92 Å². The number of hydrogen-bond donors (Lipinski definition) is 1. The van der Waals surface area contributed by atoms with Gasteiger partial charge in [-0.1, -0.05) is 19.0 Å². The van der Waals surface area contributed by atoms with Crippen LogP contribution >= 0.6 is 0 Å². The summed E-state index contributed by atoms with van der Waals surface area (Å²) < 4.78 is 4.90. The smallest absolute Gasteiger partial charge is 0.270 e. The van der Waals surface area contributed by atoms with Crippen molar-refractivity contribution in [1.29, 1.82) is 0 Å². The molecule has 0 aromatic carbocycles. The Balaban J connectivity index is 0.000000396. The topological polar surface area (TPSA) is 69.1 Å². The van der Waals surface area contributed by atoms with Gasteiger partial charge in [0, 0.05) is 12.0 Å². The van der Waals surface area contributed by atoms with Gasteiger partial charge >= 0.3 is 0 Å². The molecular formula is C9H14N2O2. The molecule has 0 aliphatic heterocycles. The number of aromatic nitrogens is 1. The molecule has 1 aromatic heterocycles. The molecule has 1 saturated carbocycles. The Morgan fingerprint density at radius 1 is 1.62 bits per heavy atom. The number of amides is 1. The third kappa shape index (κ3) is 2.31. The summed E-state index contributed by atoms with van der Waals surface area (Å²) in [5.74, 6) is 0.745. The lowest BCUT2D eigenvalue weighted by atomic mass is 10.3. The lowest BCUT2D eigenvalue weighted by Gasteiger charge is -1.80. The molecule has 1 aromatic rings. The Labute approximate surface area is 77.1 Å². The van der Waals surface area contributed by atoms with Crippen molar-refractivity contribution >= 4 is 5.91 Å². The molecule has 2 rings (SSSR count). The van der Waals surface area contributed by atoms with E-state index in [1.807, 2.05) is 13.8 Å². The molecule has 0 saturated heterocycles. The zero-order valence-corrected chi connectivity index (χ0v) is 7.91. The fourth-order valence-electron chi connectivity index (χ4n) is 0.966. The van der Waals surface area contributed by atoms with Crippen LogP contribution in [0, 0.1) is 0 Å². The molecule has 4 heteroatoms. The van der Waals surface area contributed by atoms with Crippen LogP contribution in [0.3, 0.4) is 0 Å². The second kappa shape index (κ2) is 4.07. The molecule has 4 nitrogen and oxygen atoms in total. The normalized spacial score (nSPS) is 14.6. The first-order valence-electron chi connectivity index (χ1n) is 4.54. The lowest BCUT2D eigenvalue weighted by Crippen LogP contribution is -2.10. The predicted octanol–water partition coefficient (Wildman–Crippen LogP) is 1.68. The third-order valence-corrected chi connectivity index (χ3v) is 1.76. The van der Waals surface area contributed by atoms with Crippen molar-refractivity contribution < 1.29 is 9.32 Å². The van der Waals surface area contributed by atoms with Crippen molar-refractivity contribution in [3.8, 4) is 0 Å². The first-order valence-corrected chi connectivity index (χ1v) is 4.54. The Morgan fingerprint density at radius 3 is 2.62 bits per heavy atom. The molecule has 1 fully saturated rings. The fraction of sp³-hybridized carbons (Fsp3) is 0.556. The highest BCUT2D eigenvalue weighted by molar-refractivity contribution is 5.90. The van der Waals surface area contributed by atoms with E-state index in [4.69, 9.17) is 10.3 Å². The molecule has 72 valence electrons. The second-order valence-corrected chi connectivity index (χ2v) is 2.75. The number of rotatable bonds is 2. The van der Waals surface area contributed by atoms with Crippen LogP contribution in [0.5, 0.6) is 0 Å². The Morgan fingerprint density at radius 2 is 2.23 bits per heavy atom. The van der Waals surface area contributed by atoms with Crippen LogP contribution in [0.4, 0.5) is 0 Å². The maximum atomic E-state index is 10.6. The second-order valence-electron chi connectivity index (χ2n) is 2.75. The highest BCUT2D eigenvalue weighted by atomic mass is 16.5. The molecule has 1 aliphatic carbocycles. The van der Waals surface area contributed by atoms with E-state index < -0.39 is 5.91 Å². The van der Waals surface area contributed by atoms with Gasteiger partial charge in [0.25, 0.3) is 5.91 Å². The van der Waals surface area contributed by atoms with Crippen molar-refractivity contribution in [3.63, 3.8) is 0 Å². The molecule has 1 amide bonds. The minimum absolute atomic E-state index is 0.229. The van der Waals surface area contributed by atoms with Gasteiger partial charge in [-0.2, -0.15) is 0 Å². The van der Waals surface area contributed by atoms with Crippen molar-refractivity contribution in [2.45, 2.75) is 32.6 Å². The van der Waals surface area contributed by atoms with Gasteiger partial charge in [0.05, 0.1) is 0 Å². The van der Waals surface area contributed by atoms with Gasteiger partial charge in [-0.15, -0.1) is 0 Å². The van der Waals surface area contributed by atoms with E-state index in [2.05, 4.69) is 5.16 Å². The summed E-state index contributed by atoms with van der Waals surface area (Å²) in [5, 5.41) is 3.53. The number of hydrogen-bond acceptors (Lipinski definition) is 3. The van der Waals surface area contributed by atoms with Crippen molar-refractivity contribution in [2.24, 2.45) is 5.73 Å². The number of primary amides is 1. The van der Waals surface area contributed by atoms with Crippen LogP contribution in [0.15, 0.2) is 10.6 Å². The number of nitrogens with zero attached hydrogens (tertiary/aromatic N) is 1. The first kappa shape index (κ1) is 9.77. The van der Waals surface area contributed by atoms with Crippen LogP contribution in [0.2, 0.25) is 0 Å². The number of carbonyl (C=O) groups excluding carboxylic acids is 1. The summed E-state index contributed by atoms with van der Waals surface area (Å²) in [4.78, 5) is 10.6. The largest absolute Gasteiger partial charge is 0.364 e. The molecule has 2 N–H and O–H groups in total. The van der Waals surface area contributed by atoms with E-state index in [-0.39, 0.29) is 5.69 Å². The Hall–Kier alpha value is -1.32. The molecule has 13 heavy (non-hydrogen) atoms. The van der Waals surface area contributed by atoms with Gasteiger partial charge in [0.15, 0.2) is 5.69 Å². The standard InChI is InChI=1S/C7H8N2O2.C2H6/c8-7(10)5-3-6(11-9-5)4-1-2-4;1-2/h3-4H,1-2H2,(H2,8,10);1-2H3. The predicted molar refractivity (Wildman–Crippen MR) is 48.3 cm³/mol. The van der Waals surface area contributed by atoms with E-state index in [1.165, 1.54) is 0 Å². The molecule has 0 spiro atoms. The summed E-state index contributed by atoms with van der Waals surface area (Å²) in [7, 11) is 0. The first-order chi connectivity index (χ1) is 6.27. The zero-order valence-electron chi connectivity index (χ0n) is 7.91. The highest BCUT2D eigenvalue weighted by Gasteiger charge is 2.28.